The van der Waals surface area contributed by atoms with Gasteiger partial charge in [0.15, 0.2) is 0 Å². The van der Waals surface area contributed by atoms with Crippen molar-refractivity contribution in [1.29, 1.82) is 0 Å². The molecule has 0 atom stereocenters. The molecule has 4 rings (SSSR count). The molecule has 1 saturated carbocycles. The first kappa shape index (κ1) is 20.0. The average molecular weight is 405 g/mol. The minimum atomic E-state index is -0.303. The van der Waals surface area contributed by atoms with Gasteiger partial charge in [-0.3, -0.25) is 4.79 Å². The molecule has 2 aromatic carbocycles. The molecule has 1 aromatic heterocycles. The second-order valence-corrected chi connectivity index (χ2v) is 7.54. The Morgan fingerprint density at radius 3 is 2.50 bits per heavy atom. The Kier molecular flexibility index (Phi) is 6.32. The van der Waals surface area contributed by atoms with Crippen LogP contribution in [0.5, 0.6) is 11.6 Å². The Bertz CT molecular complexity index is 999. The maximum Gasteiger partial charge on any atom is 0.251 e. The van der Waals surface area contributed by atoms with Crippen LogP contribution in [0.2, 0.25) is 0 Å². The highest BCUT2D eigenvalue weighted by molar-refractivity contribution is 5.94. The zero-order chi connectivity index (χ0) is 20.8. The number of carbonyl (C=O) groups excluding carboxylic acids is 1. The van der Waals surface area contributed by atoms with Crippen LogP contribution in [0, 0.1) is 5.82 Å². The number of rotatable bonds is 5. The Morgan fingerprint density at radius 1 is 0.967 bits per heavy atom. The summed E-state index contributed by atoms with van der Waals surface area (Å²) in [5.41, 5.74) is 1.95. The molecule has 6 heteroatoms. The van der Waals surface area contributed by atoms with Crippen molar-refractivity contribution in [2.75, 3.05) is 0 Å². The molecule has 0 radical (unpaired) electrons. The van der Waals surface area contributed by atoms with Crippen LogP contribution in [0.15, 0.2) is 60.9 Å². The number of benzene rings is 2. The minimum Gasteiger partial charge on any atom is -0.439 e. The molecule has 1 amide bonds. The molecule has 30 heavy (non-hydrogen) atoms. The van der Waals surface area contributed by atoms with Crippen LogP contribution in [-0.4, -0.2) is 21.9 Å². The van der Waals surface area contributed by atoms with Crippen LogP contribution in [0.25, 0.3) is 11.3 Å². The van der Waals surface area contributed by atoms with E-state index in [9.17, 15) is 9.18 Å². The minimum absolute atomic E-state index is 0.0814. The van der Waals surface area contributed by atoms with E-state index in [0.717, 1.165) is 31.2 Å². The van der Waals surface area contributed by atoms with Gasteiger partial charge in [0.1, 0.15) is 17.9 Å². The van der Waals surface area contributed by atoms with Crippen molar-refractivity contribution in [1.82, 2.24) is 15.3 Å². The summed E-state index contributed by atoms with van der Waals surface area (Å²) >= 11 is 0. The fourth-order valence-corrected chi connectivity index (χ4v) is 3.69. The van der Waals surface area contributed by atoms with Crippen molar-refractivity contribution in [3.8, 4) is 22.9 Å². The van der Waals surface area contributed by atoms with Gasteiger partial charge in [0, 0.05) is 23.2 Å². The zero-order valence-electron chi connectivity index (χ0n) is 16.7. The van der Waals surface area contributed by atoms with Gasteiger partial charge >= 0.3 is 0 Å². The summed E-state index contributed by atoms with van der Waals surface area (Å²) in [5, 5.41) is 3.15. The van der Waals surface area contributed by atoms with E-state index in [0.29, 0.717) is 22.9 Å². The lowest BCUT2D eigenvalue weighted by Crippen LogP contribution is -2.34. The Hall–Kier alpha value is -3.28. The summed E-state index contributed by atoms with van der Waals surface area (Å²) in [7, 11) is 0. The summed E-state index contributed by atoms with van der Waals surface area (Å²) in [6.45, 7) is 0. The van der Waals surface area contributed by atoms with E-state index in [1.807, 2.05) is 0 Å². The van der Waals surface area contributed by atoms with Crippen LogP contribution in [0.1, 0.15) is 48.9 Å². The SMILES string of the molecule is O=C(NC1CCCCCC1)c1cccc(Oc2cc(-c3ccc(F)cc3)ncn2)c1. The van der Waals surface area contributed by atoms with Crippen molar-refractivity contribution in [2.24, 2.45) is 0 Å². The van der Waals surface area contributed by atoms with Gasteiger partial charge in [-0.1, -0.05) is 31.7 Å². The van der Waals surface area contributed by atoms with Crippen LogP contribution < -0.4 is 10.1 Å². The predicted molar refractivity (Wildman–Crippen MR) is 113 cm³/mol. The number of hydrogen-bond acceptors (Lipinski definition) is 4. The molecular formula is C24H24FN3O2. The summed E-state index contributed by atoms with van der Waals surface area (Å²) in [5.74, 6) is 0.489. The Morgan fingerprint density at radius 2 is 1.73 bits per heavy atom. The third-order valence-electron chi connectivity index (χ3n) is 5.29. The average Bonchev–Trinajstić information content (AvgIpc) is 3.03. The molecule has 1 aliphatic rings. The van der Waals surface area contributed by atoms with Gasteiger partial charge in [-0.25, -0.2) is 14.4 Å². The third-order valence-corrected chi connectivity index (χ3v) is 5.29. The monoisotopic (exact) mass is 405 g/mol. The van der Waals surface area contributed by atoms with E-state index in [2.05, 4.69) is 15.3 Å². The van der Waals surface area contributed by atoms with E-state index < -0.39 is 0 Å². The molecule has 5 nitrogen and oxygen atoms in total. The molecular weight excluding hydrogens is 381 g/mol. The summed E-state index contributed by atoms with van der Waals surface area (Å²) in [6, 6.07) is 15.1. The smallest absolute Gasteiger partial charge is 0.251 e. The Balaban J connectivity index is 1.46. The second kappa shape index (κ2) is 9.48. The molecule has 1 heterocycles. The van der Waals surface area contributed by atoms with E-state index in [-0.39, 0.29) is 17.8 Å². The fourth-order valence-electron chi connectivity index (χ4n) is 3.69. The largest absolute Gasteiger partial charge is 0.439 e. The standard InChI is InChI=1S/C24H24FN3O2/c25-19-12-10-17(11-13-19)22-15-23(27-16-26-22)30-21-9-5-6-18(14-21)24(29)28-20-7-3-1-2-4-8-20/h5-6,9-16,20H,1-4,7-8H2,(H,28,29). The predicted octanol–water partition coefficient (Wildman–Crippen LogP) is 5.53. The highest BCUT2D eigenvalue weighted by Crippen LogP contribution is 2.25. The van der Waals surface area contributed by atoms with E-state index in [1.165, 1.54) is 31.3 Å². The molecule has 0 saturated heterocycles. The summed E-state index contributed by atoms with van der Waals surface area (Å²) in [4.78, 5) is 21.0. The number of ether oxygens (including phenoxy) is 1. The van der Waals surface area contributed by atoms with Crippen molar-refractivity contribution >= 4 is 5.91 Å². The van der Waals surface area contributed by atoms with Crippen molar-refractivity contribution in [2.45, 2.75) is 44.6 Å². The van der Waals surface area contributed by atoms with Crippen LogP contribution in [0.3, 0.4) is 0 Å². The van der Waals surface area contributed by atoms with Crippen LogP contribution in [0.4, 0.5) is 4.39 Å². The first-order chi connectivity index (χ1) is 14.7. The van der Waals surface area contributed by atoms with Crippen molar-refractivity contribution in [3.63, 3.8) is 0 Å². The number of amides is 1. The molecule has 0 bridgehead atoms. The first-order valence-corrected chi connectivity index (χ1v) is 10.3. The zero-order valence-corrected chi connectivity index (χ0v) is 16.7. The molecule has 154 valence electrons. The van der Waals surface area contributed by atoms with Crippen molar-refractivity contribution in [3.05, 3.63) is 72.3 Å². The van der Waals surface area contributed by atoms with E-state index in [1.54, 1.807) is 42.5 Å². The lowest BCUT2D eigenvalue weighted by atomic mass is 10.1. The maximum atomic E-state index is 13.2. The lowest BCUT2D eigenvalue weighted by molar-refractivity contribution is 0.0933. The maximum absolute atomic E-state index is 13.2. The molecule has 0 unspecified atom stereocenters. The lowest BCUT2D eigenvalue weighted by Gasteiger charge is -2.16. The van der Waals surface area contributed by atoms with E-state index >= 15 is 0 Å². The van der Waals surface area contributed by atoms with Crippen LogP contribution >= 0.6 is 0 Å². The van der Waals surface area contributed by atoms with E-state index in [4.69, 9.17) is 4.74 Å². The molecule has 3 aromatic rings. The fraction of sp³-hybridized carbons (Fsp3) is 0.292. The summed E-state index contributed by atoms with van der Waals surface area (Å²) < 4.78 is 19.0. The van der Waals surface area contributed by atoms with Gasteiger partial charge in [-0.15, -0.1) is 0 Å². The molecule has 1 N–H and O–H groups in total. The summed E-state index contributed by atoms with van der Waals surface area (Å²) in [6.07, 6.45) is 8.29. The van der Waals surface area contributed by atoms with Gasteiger partial charge in [-0.05, 0) is 55.3 Å². The quantitative estimate of drug-likeness (QED) is 0.567. The third kappa shape index (κ3) is 5.20. The number of halogens is 1. The topological polar surface area (TPSA) is 64.1 Å². The van der Waals surface area contributed by atoms with Gasteiger partial charge in [-0.2, -0.15) is 0 Å². The number of aromatic nitrogens is 2. The van der Waals surface area contributed by atoms with Gasteiger partial charge in [0.25, 0.3) is 5.91 Å². The first-order valence-electron chi connectivity index (χ1n) is 10.3. The number of carbonyl (C=O) groups is 1. The number of hydrogen-bond donors (Lipinski definition) is 1. The van der Waals surface area contributed by atoms with Gasteiger partial charge < -0.3 is 10.1 Å². The van der Waals surface area contributed by atoms with Crippen LogP contribution in [-0.2, 0) is 0 Å². The molecule has 0 aliphatic heterocycles. The molecule has 1 fully saturated rings. The molecule has 1 aliphatic carbocycles. The second-order valence-electron chi connectivity index (χ2n) is 7.54. The van der Waals surface area contributed by atoms with Gasteiger partial charge in [0.2, 0.25) is 5.88 Å². The highest BCUT2D eigenvalue weighted by atomic mass is 19.1. The highest BCUT2D eigenvalue weighted by Gasteiger charge is 2.16. The number of nitrogens with zero attached hydrogens (tertiary/aromatic N) is 2. The molecule has 0 spiro atoms. The normalized spacial score (nSPS) is 14.7. The Labute approximate surface area is 175 Å². The van der Waals surface area contributed by atoms with Crippen molar-refractivity contribution < 1.29 is 13.9 Å². The number of nitrogens with one attached hydrogen (secondary N) is 1. The van der Waals surface area contributed by atoms with Gasteiger partial charge in [0.05, 0.1) is 5.69 Å².